The summed E-state index contributed by atoms with van der Waals surface area (Å²) in [5.41, 5.74) is 0.707. The fraction of sp³-hybridized carbons (Fsp3) is 0.556. The van der Waals surface area contributed by atoms with Crippen molar-refractivity contribution in [1.82, 2.24) is 15.1 Å². The van der Waals surface area contributed by atoms with Crippen molar-refractivity contribution in [2.75, 3.05) is 44.7 Å². The van der Waals surface area contributed by atoms with Gasteiger partial charge in [0.05, 0.1) is 16.8 Å². The van der Waals surface area contributed by atoms with Crippen molar-refractivity contribution in [3.8, 4) is 0 Å². The number of piperazine rings is 1. The van der Waals surface area contributed by atoms with Crippen LogP contribution in [0.15, 0.2) is 24.3 Å². The number of likely N-dealkylation sites (N-methyl/N-ethyl adjacent to an activating group) is 1. The zero-order valence-electron chi connectivity index (χ0n) is 14.7. The molecule has 2 aliphatic heterocycles. The van der Waals surface area contributed by atoms with Gasteiger partial charge in [0.15, 0.2) is 0 Å². The van der Waals surface area contributed by atoms with Gasteiger partial charge in [-0.25, -0.2) is 0 Å². The number of halogens is 1. The number of amides is 2. The third kappa shape index (κ3) is 3.97. The summed E-state index contributed by atoms with van der Waals surface area (Å²) in [6, 6.07) is 6.59. The first-order valence-corrected chi connectivity index (χ1v) is 9.14. The standard InChI is InChI=1S/C18H25ClN4O2/c1-13(22-11-9-21(2)10-12-22)17(24)20-15-7-8-23(18(15)25)16-6-4-3-5-14(16)19/h3-6,13,15H,7-12H2,1-2H3,(H,20,24)/t13-,15-/m1/s1. The van der Waals surface area contributed by atoms with Crippen LogP contribution in [0.1, 0.15) is 13.3 Å². The van der Waals surface area contributed by atoms with Crippen LogP contribution in [-0.4, -0.2) is 73.5 Å². The van der Waals surface area contributed by atoms with Gasteiger partial charge in [0, 0.05) is 32.7 Å². The summed E-state index contributed by atoms with van der Waals surface area (Å²) in [5.74, 6) is -0.170. The molecule has 0 aromatic heterocycles. The number of nitrogens with zero attached hydrogens (tertiary/aromatic N) is 3. The molecule has 2 aliphatic rings. The smallest absolute Gasteiger partial charge is 0.249 e. The molecule has 2 fully saturated rings. The third-order valence-electron chi connectivity index (χ3n) is 5.13. The molecule has 0 bridgehead atoms. The van der Waals surface area contributed by atoms with Crippen molar-refractivity contribution in [3.63, 3.8) is 0 Å². The summed E-state index contributed by atoms with van der Waals surface area (Å²) in [4.78, 5) is 31.3. The average Bonchev–Trinajstić information content (AvgIpc) is 2.96. The van der Waals surface area contributed by atoms with Gasteiger partial charge < -0.3 is 15.1 Å². The van der Waals surface area contributed by atoms with Crippen LogP contribution in [0.25, 0.3) is 0 Å². The summed E-state index contributed by atoms with van der Waals surface area (Å²) in [6.07, 6.45) is 0.602. The van der Waals surface area contributed by atoms with E-state index < -0.39 is 6.04 Å². The highest BCUT2D eigenvalue weighted by Crippen LogP contribution is 2.29. The van der Waals surface area contributed by atoms with Crippen molar-refractivity contribution in [2.45, 2.75) is 25.4 Å². The SMILES string of the molecule is C[C@H](C(=O)N[C@@H]1CCN(c2ccccc2Cl)C1=O)N1CCN(C)CC1. The van der Waals surface area contributed by atoms with Crippen LogP contribution in [0.2, 0.25) is 5.02 Å². The molecule has 3 rings (SSSR count). The van der Waals surface area contributed by atoms with E-state index in [0.29, 0.717) is 23.7 Å². The van der Waals surface area contributed by atoms with Crippen LogP contribution in [-0.2, 0) is 9.59 Å². The summed E-state index contributed by atoms with van der Waals surface area (Å²) >= 11 is 6.19. The molecule has 2 amide bonds. The van der Waals surface area contributed by atoms with Gasteiger partial charge in [0.25, 0.3) is 0 Å². The minimum Gasteiger partial charge on any atom is -0.343 e. The van der Waals surface area contributed by atoms with Gasteiger partial charge in [-0.2, -0.15) is 0 Å². The van der Waals surface area contributed by atoms with Crippen molar-refractivity contribution in [2.24, 2.45) is 0 Å². The van der Waals surface area contributed by atoms with E-state index in [9.17, 15) is 9.59 Å². The summed E-state index contributed by atoms with van der Waals surface area (Å²) < 4.78 is 0. The number of para-hydroxylation sites is 1. The van der Waals surface area contributed by atoms with Crippen molar-refractivity contribution in [1.29, 1.82) is 0 Å². The average molecular weight is 365 g/mol. The van der Waals surface area contributed by atoms with E-state index in [4.69, 9.17) is 11.6 Å². The number of benzene rings is 1. The zero-order chi connectivity index (χ0) is 18.0. The lowest BCUT2D eigenvalue weighted by atomic mass is 10.2. The predicted molar refractivity (Wildman–Crippen MR) is 98.9 cm³/mol. The molecule has 1 aromatic rings. The number of anilines is 1. The van der Waals surface area contributed by atoms with Crippen LogP contribution in [0.4, 0.5) is 5.69 Å². The highest BCUT2D eigenvalue weighted by Gasteiger charge is 2.36. The molecule has 0 radical (unpaired) electrons. The molecule has 136 valence electrons. The molecular weight excluding hydrogens is 340 g/mol. The van der Waals surface area contributed by atoms with Crippen molar-refractivity contribution < 1.29 is 9.59 Å². The molecule has 1 aromatic carbocycles. The fourth-order valence-electron chi connectivity index (χ4n) is 3.39. The quantitative estimate of drug-likeness (QED) is 0.872. The maximum Gasteiger partial charge on any atom is 0.249 e. The molecule has 2 heterocycles. The lowest BCUT2D eigenvalue weighted by molar-refractivity contribution is -0.130. The molecular formula is C18H25ClN4O2. The molecule has 0 unspecified atom stereocenters. The van der Waals surface area contributed by atoms with Crippen LogP contribution in [0.3, 0.4) is 0 Å². The first-order chi connectivity index (χ1) is 12.0. The minimum absolute atomic E-state index is 0.0797. The molecule has 2 atom stereocenters. The molecule has 7 heteroatoms. The van der Waals surface area contributed by atoms with Crippen LogP contribution < -0.4 is 10.2 Å². The Balaban J connectivity index is 1.59. The summed E-state index contributed by atoms with van der Waals surface area (Å²) in [7, 11) is 2.09. The molecule has 25 heavy (non-hydrogen) atoms. The number of carbonyl (C=O) groups is 2. The van der Waals surface area contributed by atoms with Crippen molar-refractivity contribution >= 4 is 29.1 Å². The molecule has 0 aliphatic carbocycles. The minimum atomic E-state index is -0.473. The largest absolute Gasteiger partial charge is 0.343 e. The fourth-order valence-corrected chi connectivity index (χ4v) is 3.63. The Hall–Kier alpha value is -1.63. The molecule has 0 spiro atoms. The number of nitrogens with one attached hydrogen (secondary N) is 1. The van der Waals surface area contributed by atoms with E-state index in [1.807, 2.05) is 25.1 Å². The monoisotopic (exact) mass is 364 g/mol. The first-order valence-electron chi connectivity index (χ1n) is 8.76. The van der Waals surface area contributed by atoms with E-state index in [1.54, 1.807) is 11.0 Å². The number of carbonyl (C=O) groups excluding carboxylic acids is 2. The van der Waals surface area contributed by atoms with Crippen LogP contribution in [0.5, 0.6) is 0 Å². The first kappa shape index (κ1) is 18.2. The normalized spacial score (nSPS) is 23.7. The second-order valence-corrected chi connectivity index (χ2v) is 7.21. The van der Waals surface area contributed by atoms with Gasteiger partial charge in [-0.15, -0.1) is 0 Å². The maximum absolute atomic E-state index is 12.7. The van der Waals surface area contributed by atoms with E-state index in [2.05, 4.69) is 22.2 Å². The Bertz CT molecular complexity index is 646. The Morgan fingerprint density at radius 2 is 1.88 bits per heavy atom. The second kappa shape index (κ2) is 7.72. The maximum atomic E-state index is 12.7. The Morgan fingerprint density at radius 3 is 2.56 bits per heavy atom. The summed E-state index contributed by atoms with van der Waals surface area (Å²) in [6.45, 7) is 6.13. The lowest BCUT2D eigenvalue weighted by Crippen LogP contribution is -2.55. The topological polar surface area (TPSA) is 55.9 Å². The van der Waals surface area contributed by atoms with E-state index in [0.717, 1.165) is 26.2 Å². The van der Waals surface area contributed by atoms with Gasteiger partial charge in [-0.05, 0) is 32.5 Å². The van der Waals surface area contributed by atoms with E-state index in [-0.39, 0.29) is 17.9 Å². The lowest BCUT2D eigenvalue weighted by Gasteiger charge is -2.35. The highest BCUT2D eigenvalue weighted by atomic mass is 35.5. The van der Waals surface area contributed by atoms with Gasteiger partial charge in [-0.1, -0.05) is 23.7 Å². The highest BCUT2D eigenvalue weighted by molar-refractivity contribution is 6.34. The molecule has 0 saturated carbocycles. The van der Waals surface area contributed by atoms with Crippen molar-refractivity contribution in [3.05, 3.63) is 29.3 Å². The molecule has 2 saturated heterocycles. The molecule has 1 N–H and O–H groups in total. The zero-order valence-corrected chi connectivity index (χ0v) is 15.5. The van der Waals surface area contributed by atoms with Gasteiger partial charge in [0.2, 0.25) is 11.8 Å². The summed E-state index contributed by atoms with van der Waals surface area (Å²) in [5, 5.41) is 3.48. The van der Waals surface area contributed by atoms with E-state index in [1.165, 1.54) is 0 Å². The van der Waals surface area contributed by atoms with Gasteiger partial charge >= 0.3 is 0 Å². The predicted octanol–water partition coefficient (Wildman–Crippen LogP) is 1.20. The number of hydrogen-bond donors (Lipinski definition) is 1. The Kier molecular flexibility index (Phi) is 5.61. The Morgan fingerprint density at radius 1 is 1.20 bits per heavy atom. The van der Waals surface area contributed by atoms with E-state index >= 15 is 0 Å². The van der Waals surface area contributed by atoms with Gasteiger partial charge in [0.1, 0.15) is 6.04 Å². The van der Waals surface area contributed by atoms with Gasteiger partial charge in [-0.3, -0.25) is 14.5 Å². The third-order valence-corrected chi connectivity index (χ3v) is 5.45. The Labute approximate surface area is 153 Å². The number of rotatable bonds is 4. The number of hydrogen-bond acceptors (Lipinski definition) is 4. The molecule has 6 nitrogen and oxygen atoms in total. The van der Waals surface area contributed by atoms with Crippen LogP contribution >= 0.6 is 11.6 Å². The second-order valence-electron chi connectivity index (χ2n) is 6.81. The van der Waals surface area contributed by atoms with Crippen LogP contribution in [0, 0.1) is 0 Å².